The summed E-state index contributed by atoms with van der Waals surface area (Å²) in [7, 11) is 0. The van der Waals surface area contributed by atoms with Crippen LogP contribution < -0.4 is 0 Å². The molecule has 0 spiro atoms. The highest BCUT2D eigenvalue weighted by Gasteiger charge is 2.01. The number of aryl methyl sites for hydroxylation is 1. The van der Waals surface area contributed by atoms with E-state index >= 15 is 0 Å². The minimum atomic E-state index is 0.386. The second kappa shape index (κ2) is 3.47. The number of benzene rings is 1. The maximum Gasteiger partial charge on any atom is 0.0777 e. The van der Waals surface area contributed by atoms with E-state index in [2.05, 4.69) is 17.1 Å². The predicted octanol–water partition coefficient (Wildman–Crippen LogP) is 2.61. The SMILES string of the molecule is Cc1cc2ccccc2nc1CC#N. The highest BCUT2D eigenvalue weighted by atomic mass is 14.7. The zero-order valence-corrected chi connectivity index (χ0v) is 7.99. The highest BCUT2D eigenvalue weighted by Crippen LogP contribution is 2.15. The Morgan fingerprint density at radius 3 is 2.93 bits per heavy atom. The molecule has 2 aromatic rings. The third-order valence-electron chi connectivity index (χ3n) is 2.27. The number of nitrogens with zero attached hydrogens (tertiary/aromatic N) is 2. The molecule has 14 heavy (non-hydrogen) atoms. The Balaban J connectivity index is 2.66. The first-order valence-corrected chi connectivity index (χ1v) is 4.53. The molecule has 0 radical (unpaired) electrons. The molecule has 1 aromatic carbocycles. The molecular weight excluding hydrogens is 172 g/mol. The summed E-state index contributed by atoms with van der Waals surface area (Å²) in [5.74, 6) is 0. The van der Waals surface area contributed by atoms with Gasteiger partial charge in [-0.25, -0.2) is 0 Å². The molecule has 0 saturated heterocycles. The molecule has 2 nitrogen and oxygen atoms in total. The molecular formula is C12H10N2. The molecule has 0 unspecified atom stereocenters. The van der Waals surface area contributed by atoms with E-state index in [1.807, 2.05) is 31.2 Å². The van der Waals surface area contributed by atoms with Gasteiger partial charge in [0.15, 0.2) is 0 Å². The van der Waals surface area contributed by atoms with Crippen LogP contribution in [0.2, 0.25) is 0 Å². The summed E-state index contributed by atoms with van der Waals surface area (Å²) in [6.45, 7) is 1.99. The van der Waals surface area contributed by atoms with Crippen molar-refractivity contribution in [2.45, 2.75) is 13.3 Å². The van der Waals surface area contributed by atoms with Crippen LogP contribution >= 0.6 is 0 Å². The van der Waals surface area contributed by atoms with Gasteiger partial charge >= 0.3 is 0 Å². The molecule has 2 rings (SSSR count). The minimum Gasteiger partial charge on any atom is -0.251 e. The summed E-state index contributed by atoms with van der Waals surface area (Å²) >= 11 is 0. The van der Waals surface area contributed by atoms with E-state index in [4.69, 9.17) is 5.26 Å². The van der Waals surface area contributed by atoms with E-state index in [1.54, 1.807) is 0 Å². The van der Waals surface area contributed by atoms with Crippen molar-refractivity contribution >= 4 is 10.9 Å². The van der Waals surface area contributed by atoms with Crippen molar-refractivity contribution < 1.29 is 0 Å². The van der Waals surface area contributed by atoms with Gasteiger partial charge in [-0.15, -0.1) is 0 Å². The Labute approximate surface area is 82.8 Å². The van der Waals surface area contributed by atoms with Crippen LogP contribution in [0.5, 0.6) is 0 Å². The number of hydrogen-bond acceptors (Lipinski definition) is 2. The fourth-order valence-electron chi connectivity index (χ4n) is 1.52. The Morgan fingerprint density at radius 1 is 1.36 bits per heavy atom. The lowest BCUT2D eigenvalue weighted by atomic mass is 10.1. The number of para-hydroxylation sites is 1. The monoisotopic (exact) mass is 182 g/mol. The third kappa shape index (κ3) is 1.45. The molecule has 0 aliphatic rings. The van der Waals surface area contributed by atoms with Crippen LogP contribution in [0, 0.1) is 18.3 Å². The molecule has 0 N–H and O–H groups in total. The molecule has 0 aliphatic carbocycles. The molecule has 1 heterocycles. The number of rotatable bonds is 1. The first-order chi connectivity index (χ1) is 6.81. The molecule has 0 amide bonds. The minimum absolute atomic E-state index is 0.386. The molecule has 0 atom stereocenters. The van der Waals surface area contributed by atoms with Crippen molar-refractivity contribution in [1.82, 2.24) is 4.98 Å². The number of fused-ring (bicyclic) bond motifs is 1. The largest absolute Gasteiger partial charge is 0.251 e. The molecule has 0 bridgehead atoms. The van der Waals surface area contributed by atoms with Crippen molar-refractivity contribution in [3.05, 3.63) is 41.6 Å². The van der Waals surface area contributed by atoms with Crippen molar-refractivity contribution in [3.63, 3.8) is 0 Å². The lowest BCUT2D eigenvalue weighted by Gasteiger charge is -2.03. The zero-order valence-electron chi connectivity index (χ0n) is 7.99. The Kier molecular flexibility index (Phi) is 2.16. The van der Waals surface area contributed by atoms with Crippen LogP contribution in [0.25, 0.3) is 10.9 Å². The molecule has 68 valence electrons. The molecule has 0 saturated carbocycles. The van der Waals surface area contributed by atoms with Crippen LogP contribution in [-0.4, -0.2) is 4.98 Å². The smallest absolute Gasteiger partial charge is 0.0777 e. The Bertz CT molecular complexity index is 509. The number of aromatic nitrogens is 1. The van der Waals surface area contributed by atoms with Crippen LogP contribution in [0.4, 0.5) is 0 Å². The second-order valence-electron chi connectivity index (χ2n) is 3.28. The number of hydrogen-bond donors (Lipinski definition) is 0. The van der Waals surface area contributed by atoms with E-state index < -0.39 is 0 Å². The summed E-state index contributed by atoms with van der Waals surface area (Å²) in [5.41, 5.74) is 2.93. The van der Waals surface area contributed by atoms with Gasteiger partial charge in [0.2, 0.25) is 0 Å². The lowest BCUT2D eigenvalue weighted by molar-refractivity contribution is 1.11. The van der Waals surface area contributed by atoms with Gasteiger partial charge in [0.25, 0.3) is 0 Å². The first kappa shape index (κ1) is 8.71. The normalized spacial score (nSPS) is 10.0. The quantitative estimate of drug-likeness (QED) is 0.679. The second-order valence-corrected chi connectivity index (χ2v) is 3.28. The average molecular weight is 182 g/mol. The third-order valence-corrected chi connectivity index (χ3v) is 2.27. The van der Waals surface area contributed by atoms with E-state index in [1.165, 1.54) is 0 Å². The topological polar surface area (TPSA) is 36.7 Å². The van der Waals surface area contributed by atoms with Gasteiger partial charge in [-0.3, -0.25) is 4.98 Å². The molecule has 0 aliphatic heterocycles. The maximum atomic E-state index is 8.63. The summed E-state index contributed by atoms with van der Waals surface area (Å²) in [4.78, 5) is 4.44. The van der Waals surface area contributed by atoms with Gasteiger partial charge < -0.3 is 0 Å². The summed E-state index contributed by atoms with van der Waals surface area (Å²) in [5, 5.41) is 9.76. The summed E-state index contributed by atoms with van der Waals surface area (Å²) in [6.07, 6.45) is 0.386. The van der Waals surface area contributed by atoms with Gasteiger partial charge in [0.1, 0.15) is 0 Å². The van der Waals surface area contributed by atoms with Crippen molar-refractivity contribution in [2.24, 2.45) is 0 Å². The van der Waals surface area contributed by atoms with Gasteiger partial charge in [-0.05, 0) is 24.6 Å². The lowest BCUT2D eigenvalue weighted by Crippen LogP contribution is -1.93. The molecule has 2 heteroatoms. The van der Waals surface area contributed by atoms with Crippen LogP contribution in [0.15, 0.2) is 30.3 Å². The van der Waals surface area contributed by atoms with Gasteiger partial charge in [0, 0.05) is 5.39 Å². The van der Waals surface area contributed by atoms with E-state index in [9.17, 15) is 0 Å². The van der Waals surface area contributed by atoms with E-state index in [0.29, 0.717) is 6.42 Å². The van der Waals surface area contributed by atoms with Crippen molar-refractivity contribution in [1.29, 1.82) is 5.26 Å². The van der Waals surface area contributed by atoms with Gasteiger partial charge in [-0.1, -0.05) is 18.2 Å². The van der Waals surface area contributed by atoms with Gasteiger partial charge in [0.05, 0.1) is 23.7 Å². The first-order valence-electron chi connectivity index (χ1n) is 4.53. The fraction of sp³-hybridized carbons (Fsp3) is 0.167. The van der Waals surface area contributed by atoms with E-state index in [-0.39, 0.29) is 0 Å². The predicted molar refractivity (Wildman–Crippen MR) is 55.8 cm³/mol. The van der Waals surface area contributed by atoms with Gasteiger partial charge in [-0.2, -0.15) is 5.26 Å². The highest BCUT2D eigenvalue weighted by molar-refractivity contribution is 5.79. The average Bonchev–Trinajstić information content (AvgIpc) is 2.19. The number of pyridine rings is 1. The Hall–Kier alpha value is -1.88. The van der Waals surface area contributed by atoms with Crippen molar-refractivity contribution in [3.8, 4) is 6.07 Å². The molecule has 1 aromatic heterocycles. The van der Waals surface area contributed by atoms with Crippen LogP contribution in [-0.2, 0) is 6.42 Å². The summed E-state index contributed by atoms with van der Waals surface area (Å²) in [6, 6.07) is 12.2. The fourth-order valence-corrected chi connectivity index (χ4v) is 1.52. The van der Waals surface area contributed by atoms with Crippen LogP contribution in [0.3, 0.4) is 0 Å². The maximum absolute atomic E-state index is 8.63. The van der Waals surface area contributed by atoms with E-state index in [0.717, 1.165) is 22.2 Å². The Morgan fingerprint density at radius 2 is 2.14 bits per heavy atom. The van der Waals surface area contributed by atoms with Crippen molar-refractivity contribution in [2.75, 3.05) is 0 Å². The molecule has 0 fully saturated rings. The van der Waals surface area contributed by atoms with Crippen LogP contribution in [0.1, 0.15) is 11.3 Å². The standard InChI is InChI=1S/C12H10N2/c1-9-8-10-4-2-3-5-12(10)14-11(9)6-7-13/h2-5,8H,6H2,1H3. The number of nitriles is 1. The zero-order chi connectivity index (χ0) is 9.97. The summed E-state index contributed by atoms with van der Waals surface area (Å²) < 4.78 is 0.